The van der Waals surface area contributed by atoms with Crippen LogP contribution in [0.2, 0.25) is 0 Å². The zero-order valence-corrected chi connectivity index (χ0v) is 14.9. The van der Waals surface area contributed by atoms with Gasteiger partial charge in [-0.3, -0.25) is 4.68 Å². The van der Waals surface area contributed by atoms with E-state index < -0.39 is 5.60 Å². The van der Waals surface area contributed by atoms with Crippen molar-refractivity contribution < 1.29 is 5.11 Å². The van der Waals surface area contributed by atoms with Gasteiger partial charge in [0, 0.05) is 36.3 Å². The lowest BCUT2D eigenvalue weighted by molar-refractivity contribution is 0.0543. The molecule has 0 aliphatic rings. The van der Waals surface area contributed by atoms with E-state index in [4.69, 9.17) is 4.98 Å². The molecule has 24 heavy (non-hydrogen) atoms. The summed E-state index contributed by atoms with van der Waals surface area (Å²) in [5, 5.41) is 21.2. The first-order valence-electron chi connectivity index (χ1n) is 7.91. The summed E-state index contributed by atoms with van der Waals surface area (Å²) >= 11 is 1.63. The maximum Gasteiger partial charge on any atom is 0.110 e. The van der Waals surface area contributed by atoms with Crippen LogP contribution in [0, 0.1) is 0 Å². The van der Waals surface area contributed by atoms with Gasteiger partial charge in [0.25, 0.3) is 0 Å². The summed E-state index contributed by atoms with van der Waals surface area (Å²) in [6.45, 7) is 4.29. The third-order valence-corrected chi connectivity index (χ3v) is 5.07. The summed E-state index contributed by atoms with van der Waals surface area (Å²) in [5.41, 5.74) is 1.94. The lowest BCUT2D eigenvalue weighted by Gasteiger charge is -2.24. The highest BCUT2D eigenvalue weighted by Crippen LogP contribution is 2.26. The first-order chi connectivity index (χ1) is 11.5. The van der Waals surface area contributed by atoms with E-state index in [1.807, 2.05) is 31.4 Å². The van der Waals surface area contributed by atoms with Crippen LogP contribution >= 0.6 is 11.3 Å². The second kappa shape index (κ2) is 6.84. The van der Waals surface area contributed by atoms with Crippen LogP contribution in [-0.2, 0) is 12.6 Å². The Hall–Kier alpha value is -2.02. The fourth-order valence-corrected chi connectivity index (χ4v) is 3.33. The molecule has 2 unspecified atom stereocenters. The number of aromatic nitrogens is 3. The second-order valence-electron chi connectivity index (χ2n) is 6.22. The molecular formula is C18H22N4OS. The van der Waals surface area contributed by atoms with E-state index in [9.17, 15) is 5.11 Å². The quantitative estimate of drug-likeness (QED) is 0.722. The van der Waals surface area contributed by atoms with Gasteiger partial charge >= 0.3 is 0 Å². The summed E-state index contributed by atoms with van der Waals surface area (Å²) in [6.07, 6.45) is 3.53. The fourth-order valence-electron chi connectivity index (χ4n) is 2.47. The minimum Gasteiger partial charge on any atom is -0.384 e. The Bertz CT molecular complexity index is 794. The number of rotatable bonds is 6. The van der Waals surface area contributed by atoms with Crippen LogP contribution in [0.4, 0.5) is 0 Å². The van der Waals surface area contributed by atoms with Crippen molar-refractivity contribution >= 4 is 11.3 Å². The van der Waals surface area contributed by atoms with Gasteiger partial charge in [0.1, 0.15) is 10.6 Å². The van der Waals surface area contributed by atoms with E-state index in [0.717, 1.165) is 21.8 Å². The van der Waals surface area contributed by atoms with Crippen molar-refractivity contribution in [2.45, 2.75) is 25.5 Å². The molecule has 3 rings (SSSR count). The minimum atomic E-state index is -0.970. The molecule has 0 saturated heterocycles. The molecule has 2 N–H and O–H groups in total. The van der Waals surface area contributed by atoms with Crippen LogP contribution in [0.25, 0.3) is 11.3 Å². The first kappa shape index (κ1) is 16.8. The molecule has 0 fully saturated rings. The van der Waals surface area contributed by atoms with E-state index >= 15 is 0 Å². The van der Waals surface area contributed by atoms with Crippen LogP contribution < -0.4 is 5.32 Å². The van der Waals surface area contributed by atoms with Gasteiger partial charge in [0.05, 0.1) is 17.9 Å². The van der Waals surface area contributed by atoms with Gasteiger partial charge in [-0.2, -0.15) is 5.10 Å². The average Bonchev–Trinajstić information content (AvgIpc) is 3.23. The monoisotopic (exact) mass is 342 g/mol. The number of hydrogen-bond acceptors (Lipinski definition) is 5. The van der Waals surface area contributed by atoms with Gasteiger partial charge in [-0.15, -0.1) is 11.3 Å². The zero-order valence-electron chi connectivity index (χ0n) is 14.1. The Morgan fingerprint density at radius 3 is 2.75 bits per heavy atom. The molecule has 2 aromatic heterocycles. The molecule has 0 bridgehead atoms. The molecule has 3 aromatic rings. The van der Waals surface area contributed by atoms with Crippen LogP contribution in [0.3, 0.4) is 0 Å². The van der Waals surface area contributed by atoms with Crippen LogP contribution in [0.1, 0.15) is 30.5 Å². The Kier molecular flexibility index (Phi) is 4.80. The fraction of sp³-hybridized carbons (Fsp3) is 0.333. The van der Waals surface area contributed by atoms with E-state index in [1.165, 1.54) is 0 Å². The molecule has 126 valence electrons. The summed E-state index contributed by atoms with van der Waals surface area (Å²) in [6, 6.07) is 10.2. The number of benzene rings is 1. The first-order valence-corrected chi connectivity index (χ1v) is 8.79. The van der Waals surface area contributed by atoms with Crippen molar-refractivity contribution in [3.8, 4) is 11.3 Å². The third-order valence-electron chi connectivity index (χ3n) is 4.04. The molecule has 0 amide bonds. The Morgan fingerprint density at radius 2 is 2.08 bits per heavy atom. The van der Waals surface area contributed by atoms with Crippen LogP contribution in [0.15, 0.2) is 48.1 Å². The van der Waals surface area contributed by atoms with Crippen LogP contribution in [-0.4, -0.2) is 26.4 Å². The Morgan fingerprint density at radius 1 is 1.33 bits per heavy atom. The van der Waals surface area contributed by atoms with Gasteiger partial charge < -0.3 is 10.4 Å². The average molecular weight is 342 g/mol. The highest BCUT2D eigenvalue weighted by Gasteiger charge is 2.25. The molecule has 6 heteroatoms. The van der Waals surface area contributed by atoms with E-state index in [-0.39, 0.29) is 6.04 Å². The summed E-state index contributed by atoms with van der Waals surface area (Å²) in [7, 11) is 1.84. The van der Waals surface area contributed by atoms with Crippen molar-refractivity contribution in [1.29, 1.82) is 0 Å². The lowest BCUT2D eigenvalue weighted by atomic mass is 9.99. The summed E-state index contributed by atoms with van der Waals surface area (Å²) in [5.74, 6) is 0. The van der Waals surface area contributed by atoms with Gasteiger partial charge in [-0.1, -0.05) is 30.3 Å². The van der Waals surface area contributed by atoms with E-state index in [1.54, 1.807) is 29.1 Å². The SMILES string of the molecule is CC(NCC(C)(O)c1cnn(C)c1)c1nc(-c2ccccc2)cs1. The van der Waals surface area contributed by atoms with Gasteiger partial charge in [0.2, 0.25) is 0 Å². The van der Waals surface area contributed by atoms with Crippen molar-refractivity contribution in [2.24, 2.45) is 7.05 Å². The standard InChI is InChI=1S/C18H22N4OS/c1-13(19-12-18(2,23)15-9-20-22(3)10-15)17-21-16(11-24-17)14-7-5-4-6-8-14/h4-11,13,19,23H,12H2,1-3H3. The molecular weight excluding hydrogens is 320 g/mol. The van der Waals surface area contributed by atoms with Crippen molar-refractivity contribution in [1.82, 2.24) is 20.1 Å². The molecule has 0 radical (unpaired) electrons. The highest BCUT2D eigenvalue weighted by atomic mass is 32.1. The number of nitrogens with zero attached hydrogens (tertiary/aromatic N) is 3. The normalized spacial score (nSPS) is 15.2. The Balaban J connectivity index is 1.65. The largest absolute Gasteiger partial charge is 0.384 e. The molecule has 0 spiro atoms. The molecule has 0 aliphatic carbocycles. The molecule has 1 aromatic carbocycles. The van der Waals surface area contributed by atoms with Crippen molar-refractivity contribution in [2.75, 3.05) is 6.54 Å². The van der Waals surface area contributed by atoms with Gasteiger partial charge in [0.15, 0.2) is 0 Å². The predicted octanol–water partition coefficient (Wildman–Crippen LogP) is 3.10. The van der Waals surface area contributed by atoms with Gasteiger partial charge in [-0.05, 0) is 13.8 Å². The number of nitrogens with one attached hydrogen (secondary N) is 1. The number of thiazole rings is 1. The highest BCUT2D eigenvalue weighted by molar-refractivity contribution is 7.10. The maximum absolute atomic E-state index is 10.6. The summed E-state index contributed by atoms with van der Waals surface area (Å²) in [4.78, 5) is 4.72. The molecule has 0 aliphatic heterocycles. The Labute approximate surface area is 146 Å². The predicted molar refractivity (Wildman–Crippen MR) is 96.7 cm³/mol. The second-order valence-corrected chi connectivity index (χ2v) is 7.11. The molecule has 5 nitrogen and oxygen atoms in total. The van der Waals surface area contributed by atoms with E-state index in [2.05, 4.69) is 34.9 Å². The minimum absolute atomic E-state index is 0.0654. The van der Waals surface area contributed by atoms with Crippen LogP contribution in [0.5, 0.6) is 0 Å². The number of aryl methyl sites for hydroxylation is 1. The zero-order chi connectivity index (χ0) is 17.2. The molecule has 0 saturated carbocycles. The van der Waals surface area contributed by atoms with E-state index in [0.29, 0.717) is 6.54 Å². The topological polar surface area (TPSA) is 63.0 Å². The maximum atomic E-state index is 10.6. The van der Waals surface area contributed by atoms with Crippen molar-refractivity contribution in [3.63, 3.8) is 0 Å². The van der Waals surface area contributed by atoms with Gasteiger partial charge in [-0.25, -0.2) is 4.98 Å². The third kappa shape index (κ3) is 3.72. The number of aliphatic hydroxyl groups is 1. The molecule has 2 atom stereocenters. The van der Waals surface area contributed by atoms with Crippen molar-refractivity contribution in [3.05, 3.63) is 58.7 Å². The number of hydrogen-bond donors (Lipinski definition) is 2. The molecule has 2 heterocycles. The smallest absolute Gasteiger partial charge is 0.110 e. The lowest BCUT2D eigenvalue weighted by Crippen LogP contribution is -2.36. The summed E-state index contributed by atoms with van der Waals surface area (Å²) < 4.78 is 1.69.